The second-order valence-corrected chi connectivity index (χ2v) is 7.34. The van der Waals surface area contributed by atoms with Gasteiger partial charge in [0, 0.05) is 24.6 Å². The molecule has 1 fully saturated rings. The van der Waals surface area contributed by atoms with Crippen LogP contribution in [0.3, 0.4) is 0 Å². The summed E-state index contributed by atoms with van der Waals surface area (Å²) >= 11 is 0. The molecule has 0 unspecified atom stereocenters. The number of nitrogens with one attached hydrogen (secondary N) is 1. The van der Waals surface area contributed by atoms with Crippen LogP contribution in [0.15, 0.2) is 23.0 Å². The number of amides is 1. The van der Waals surface area contributed by atoms with Crippen molar-refractivity contribution in [3.8, 4) is 0 Å². The Kier molecular flexibility index (Phi) is 4.55. The van der Waals surface area contributed by atoms with Gasteiger partial charge in [-0.3, -0.25) is 14.2 Å². The molecule has 1 aromatic carbocycles. The second-order valence-electron chi connectivity index (χ2n) is 7.34. The molecular formula is C20H25N3O2. The predicted molar refractivity (Wildman–Crippen MR) is 97.9 cm³/mol. The van der Waals surface area contributed by atoms with Crippen molar-refractivity contribution in [1.29, 1.82) is 0 Å². The Labute approximate surface area is 147 Å². The lowest BCUT2D eigenvalue weighted by Gasteiger charge is -2.22. The monoisotopic (exact) mass is 339 g/mol. The van der Waals surface area contributed by atoms with Gasteiger partial charge in [-0.15, -0.1) is 0 Å². The van der Waals surface area contributed by atoms with Crippen molar-refractivity contribution in [2.45, 2.75) is 70.4 Å². The Morgan fingerprint density at radius 1 is 1.08 bits per heavy atom. The Morgan fingerprint density at radius 3 is 2.72 bits per heavy atom. The van der Waals surface area contributed by atoms with E-state index in [2.05, 4.69) is 5.32 Å². The van der Waals surface area contributed by atoms with Gasteiger partial charge in [0.1, 0.15) is 5.82 Å². The third kappa shape index (κ3) is 3.32. The van der Waals surface area contributed by atoms with Gasteiger partial charge in [0.05, 0.1) is 10.9 Å². The van der Waals surface area contributed by atoms with Gasteiger partial charge in [-0.05, 0) is 43.9 Å². The summed E-state index contributed by atoms with van der Waals surface area (Å²) < 4.78 is 1.82. The van der Waals surface area contributed by atoms with Crippen molar-refractivity contribution in [3.05, 3.63) is 39.9 Å². The van der Waals surface area contributed by atoms with E-state index in [9.17, 15) is 9.59 Å². The molecule has 0 bridgehead atoms. The zero-order chi connectivity index (χ0) is 17.2. The summed E-state index contributed by atoms with van der Waals surface area (Å²) in [5.41, 5.74) is 1.28. The second kappa shape index (κ2) is 6.98. The zero-order valence-corrected chi connectivity index (χ0v) is 14.6. The van der Waals surface area contributed by atoms with Crippen molar-refractivity contribution in [2.75, 3.05) is 0 Å². The van der Waals surface area contributed by atoms with E-state index in [0.29, 0.717) is 16.5 Å². The van der Waals surface area contributed by atoms with E-state index in [1.807, 2.05) is 4.57 Å². The third-order valence-corrected chi connectivity index (χ3v) is 5.52. The number of carbonyl (C=O) groups excluding carboxylic acids is 1. The molecule has 1 aromatic heterocycles. The molecule has 1 amide bonds. The molecule has 1 saturated carbocycles. The van der Waals surface area contributed by atoms with Crippen molar-refractivity contribution < 1.29 is 4.79 Å². The van der Waals surface area contributed by atoms with Crippen LogP contribution < -0.4 is 10.9 Å². The maximum Gasteiger partial charge on any atom is 0.261 e. The summed E-state index contributed by atoms with van der Waals surface area (Å²) in [5, 5.41) is 3.75. The topological polar surface area (TPSA) is 64.0 Å². The van der Waals surface area contributed by atoms with Crippen molar-refractivity contribution in [3.63, 3.8) is 0 Å². The van der Waals surface area contributed by atoms with Gasteiger partial charge in [0.25, 0.3) is 11.5 Å². The Morgan fingerprint density at radius 2 is 1.88 bits per heavy atom. The molecule has 5 nitrogen and oxygen atoms in total. The van der Waals surface area contributed by atoms with Gasteiger partial charge in [-0.2, -0.15) is 0 Å². The minimum atomic E-state index is -0.0503. The Hall–Kier alpha value is -2.17. The maximum atomic E-state index is 12.7. The molecule has 132 valence electrons. The van der Waals surface area contributed by atoms with Crippen LogP contribution in [-0.2, 0) is 13.0 Å². The summed E-state index contributed by atoms with van der Waals surface area (Å²) in [6.07, 6.45) is 9.83. The normalized spacial score (nSPS) is 18.6. The first-order valence-electron chi connectivity index (χ1n) is 9.57. The molecule has 2 heterocycles. The summed E-state index contributed by atoms with van der Waals surface area (Å²) in [6, 6.07) is 5.58. The van der Waals surface area contributed by atoms with Crippen LogP contribution in [0.2, 0.25) is 0 Å². The third-order valence-electron chi connectivity index (χ3n) is 5.52. The zero-order valence-electron chi connectivity index (χ0n) is 14.6. The number of benzene rings is 1. The molecule has 1 aliphatic heterocycles. The van der Waals surface area contributed by atoms with E-state index < -0.39 is 0 Å². The van der Waals surface area contributed by atoms with Gasteiger partial charge >= 0.3 is 0 Å². The van der Waals surface area contributed by atoms with Crippen LogP contribution in [0.1, 0.15) is 67.5 Å². The highest BCUT2D eigenvalue weighted by Gasteiger charge is 2.18. The molecule has 0 spiro atoms. The van der Waals surface area contributed by atoms with Crippen LogP contribution in [0, 0.1) is 0 Å². The molecule has 0 saturated heterocycles. The fraction of sp³-hybridized carbons (Fsp3) is 0.550. The van der Waals surface area contributed by atoms with Crippen LogP contribution in [0.5, 0.6) is 0 Å². The van der Waals surface area contributed by atoms with Crippen LogP contribution in [-0.4, -0.2) is 21.5 Å². The molecule has 1 N–H and O–H groups in total. The van der Waals surface area contributed by atoms with Gasteiger partial charge in [-0.1, -0.05) is 25.7 Å². The maximum absolute atomic E-state index is 12.7. The van der Waals surface area contributed by atoms with E-state index in [1.165, 1.54) is 19.3 Å². The van der Waals surface area contributed by atoms with Gasteiger partial charge in [0.2, 0.25) is 0 Å². The highest BCUT2D eigenvalue weighted by Crippen LogP contribution is 2.19. The van der Waals surface area contributed by atoms with Gasteiger partial charge in [-0.25, -0.2) is 4.98 Å². The Balaban J connectivity index is 1.65. The number of aromatic nitrogens is 2. The number of carbonyl (C=O) groups is 1. The number of nitrogens with zero attached hydrogens (tertiary/aromatic N) is 2. The minimum Gasteiger partial charge on any atom is -0.349 e. The SMILES string of the molecule is O=C(NC1CCCCC1)c1ccc2c(=O)n3c(nc2c1)CCCCC3. The summed E-state index contributed by atoms with van der Waals surface area (Å²) in [4.78, 5) is 30.0. The molecular weight excluding hydrogens is 314 g/mol. The quantitative estimate of drug-likeness (QED) is 0.914. The molecule has 2 aliphatic rings. The van der Waals surface area contributed by atoms with Crippen LogP contribution in [0.25, 0.3) is 10.9 Å². The number of hydrogen-bond acceptors (Lipinski definition) is 3. The molecule has 5 heteroatoms. The molecule has 1 aliphatic carbocycles. The first-order chi connectivity index (χ1) is 12.2. The molecule has 25 heavy (non-hydrogen) atoms. The summed E-state index contributed by atoms with van der Waals surface area (Å²) in [5.74, 6) is 0.811. The first-order valence-corrected chi connectivity index (χ1v) is 9.57. The summed E-state index contributed by atoms with van der Waals surface area (Å²) in [6.45, 7) is 0.751. The fourth-order valence-corrected chi connectivity index (χ4v) is 4.08. The molecule has 0 atom stereocenters. The van der Waals surface area contributed by atoms with Gasteiger partial charge in [0.15, 0.2) is 0 Å². The average Bonchev–Trinajstić information content (AvgIpc) is 2.88. The molecule has 0 radical (unpaired) electrons. The molecule has 2 aromatic rings. The highest BCUT2D eigenvalue weighted by atomic mass is 16.1. The number of rotatable bonds is 2. The first kappa shape index (κ1) is 16.3. The lowest BCUT2D eigenvalue weighted by Crippen LogP contribution is -2.36. The summed E-state index contributed by atoms with van der Waals surface area (Å²) in [7, 11) is 0. The van der Waals surface area contributed by atoms with E-state index in [-0.39, 0.29) is 17.5 Å². The standard InChI is InChI=1S/C20H25N3O2/c24-19(21-15-7-3-1-4-8-15)14-10-11-16-17(13-14)22-18-9-5-2-6-12-23(18)20(16)25/h10-11,13,15H,1-9,12H2,(H,21,24). The van der Waals surface area contributed by atoms with Crippen molar-refractivity contribution >= 4 is 16.8 Å². The lowest BCUT2D eigenvalue weighted by atomic mass is 9.95. The largest absolute Gasteiger partial charge is 0.349 e. The fourth-order valence-electron chi connectivity index (χ4n) is 4.08. The number of aryl methyl sites for hydroxylation is 1. The van der Waals surface area contributed by atoms with E-state index in [0.717, 1.165) is 50.9 Å². The van der Waals surface area contributed by atoms with Crippen LogP contribution in [0.4, 0.5) is 0 Å². The lowest BCUT2D eigenvalue weighted by molar-refractivity contribution is 0.0928. The van der Waals surface area contributed by atoms with Crippen LogP contribution >= 0.6 is 0 Å². The predicted octanol–water partition coefficient (Wildman–Crippen LogP) is 3.19. The van der Waals surface area contributed by atoms with Crippen molar-refractivity contribution in [1.82, 2.24) is 14.9 Å². The van der Waals surface area contributed by atoms with Crippen molar-refractivity contribution in [2.24, 2.45) is 0 Å². The number of fused-ring (bicyclic) bond motifs is 2. The van der Waals surface area contributed by atoms with Gasteiger partial charge < -0.3 is 5.32 Å². The highest BCUT2D eigenvalue weighted by molar-refractivity contribution is 5.97. The van der Waals surface area contributed by atoms with E-state index in [1.54, 1.807) is 18.2 Å². The number of hydrogen-bond donors (Lipinski definition) is 1. The van der Waals surface area contributed by atoms with E-state index in [4.69, 9.17) is 4.98 Å². The molecule has 4 rings (SSSR count). The minimum absolute atomic E-state index is 0.0288. The smallest absolute Gasteiger partial charge is 0.261 e. The van der Waals surface area contributed by atoms with E-state index >= 15 is 0 Å². The Bertz CT molecular complexity index is 850. The average molecular weight is 339 g/mol.